The van der Waals surface area contributed by atoms with E-state index in [-0.39, 0.29) is 11.7 Å². The lowest BCUT2D eigenvalue weighted by atomic mass is 10.1. The molecule has 0 spiro atoms. The second kappa shape index (κ2) is 10.1. The number of para-hydroxylation sites is 1. The summed E-state index contributed by atoms with van der Waals surface area (Å²) in [4.78, 5) is 27.5. The molecular weight excluding hydrogens is 390 g/mol. The minimum Gasteiger partial charge on any atom is -0.459 e. The molecule has 0 atom stereocenters. The third kappa shape index (κ3) is 5.61. The average Bonchev–Trinajstić information content (AvgIpc) is 3.35. The summed E-state index contributed by atoms with van der Waals surface area (Å²) in [7, 11) is 0. The molecule has 3 aromatic rings. The third-order valence-corrected chi connectivity index (χ3v) is 5.50. The Hall–Kier alpha value is -3.38. The fourth-order valence-corrected chi connectivity index (χ4v) is 3.80. The van der Waals surface area contributed by atoms with Crippen molar-refractivity contribution in [2.75, 3.05) is 18.4 Å². The number of hydrogen-bond acceptors (Lipinski definition) is 4. The highest BCUT2D eigenvalue weighted by molar-refractivity contribution is 6.07. The van der Waals surface area contributed by atoms with Gasteiger partial charge in [-0.05, 0) is 61.3 Å². The van der Waals surface area contributed by atoms with Crippen LogP contribution in [0.2, 0.25) is 0 Å². The lowest BCUT2D eigenvalue weighted by Gasteiger charge is -2.26. The Morgan fingerprint density at radius 3 is 2.32 bits per heavy atom. The summed E-state index contributed by atoms with van der Waals surface area (Å²) in [5.41, 5.74) is 3.18. The van der Waals surface area contributed by atoms with E-state index in [4.69, 9.17) is 4.42 Å². The van der Waals surface area contributed by atoms with Crippen LogP contribution in [-0.4, -0.2) is 29.8 Å². The van der Waals surface area contributed by atoms with Crippen LogP contribution < -0.4 is 10.6 Å². The zero-order valence-corrected chi connectivity index (χ0v) is 17.5. The normalized spacial score (nSPS) is 14.2. The molecule has 1 aromatic heterocycles. The topological polar surface area (TPSA) is 74.6 Å². The molecule has 6 heteroatoms. The number of carbonyl (C=O) groups is 2. The number of nitrogens with zero attached hydrogens (tertiary/aromatic N) is 1. The third-order valence-electron chi connectivity index (χ3n) is 5.50. The molecule has 1 fully saturated rings. The zero-order valence-electron chi connectivity index (χ0n) is 17.5. The van der Waals surface area contributed by atoms with E-state index in [1.165, 1.54) is 44.2 Å². The van der Waals surface area contributed by atoms with Gasteiger partial charge in [-0.3, -0.25) is 14.5 Å². The van der Waals surface area contributed by atoms with Crippen LogP contribution in [0.5, 0.6) is 0 Å². The fourth-order valence-electron chi connectivity index (χ4n) is 3.80. The van der Waals surface area contributed by atoms with Gasteiger partial charge < -0.3 is 15.1 Å². The molecule has 0 bridgehead atoms. The van der Waals surface area contributed by atoms with Crippen LogP contribution in [0, 0.1) is 0 Å². The molecule has 0 aliphatic carbocycles. The lowest BCUT2D eigenvalue weighted by Crippen LogP contribution is -2.29. The first kappa shape index (κ1) is 20.9. The van der Waals surface area contributed by atoms with E-state index < -0.39 is 5.91 Å². The molecule has 160 valence electrons. The number of amides is 2. The second-order valence-corrected chi connectivity index (χ2v) is 7.81. The summed E-state index contributed by atoms with van der Waals surface area (Å²) in [5.74, 6) is -0.442. The van der Waals surface area contributed by atoms with Crippen molar-refractivity contribution in [3.63, 3.8) is 0 Å². The van der Waals surface area contributed by atoms with E-state index in [2.05, 4.69) is 39.8 Å². The Morgan fingerprint density at radius 1 is 0.839 bits per heavy atom. The van der Waals surface area contributed by atoms with E-state index in [1.54, 1.807) is 36.4 Å². The van der Waals surface area contributed by atoms with Crippen LogP contribution in [0.3, 0.4) is 0 Å². The van der Waals surface area contributed by atoms with Gasteiger partial charge >= 0.3 is 0 Å². The molecule has 2 N–H and O–H groups in total. The Kier molecular flexibility index (Phi) is 6.79. The van der Waals surface area contributed by atoms with Crippen molar-refractivity contribution in [2.45, 2.75) is 32.4 Å². The van der Waals surface area contributed by atoms with Gasteiger partial charge in [0.1, 0.15) is 0 Å². The number of anilines is 1. The van der Waals surface area contributed by atoms with Gasteiger partial charge in [0.15, 0.2) is 5.76 Å². The molecule has 31 heavy (non-hydrogen) atoms. The largest absolute Gasteiger partial charge is 0.459 e. The minimum atomic E-state index is -0.394. The van der Waals surface area contributed by atoms with Gasteiger partial charge in [-0.1, -0.05) is 42.8 Å². The van der Waals surface area contributed by atoms with E-state index in [0.29, 0.717) is 17.8 Å². The summed E-state index contributed by atoms with van der Waals surface area (Å²) in [6.45, 7) is 3.75. The predicted octanol–water partition coefficient (Wildman–Crippen LogP) is 4.45. The summed E-state index contributed by atoms with van der Waals surface area (Å²) >= 11 is 0. The number of carbonyl (C=O) groups excluding carboxylic acids is 2. The van der Waals surface area contributed by atoms with E-state index in [1.807, 2.05) is 0 Å². The molecule has 2 heterocycles. The summed E-state index contributed by atoms with van der Waals surface area (Å²) in [5, 5.41) is 5.68. The molecule has 4 rings (SSSR count). The minimum absolute atomic E-state index is 0.194. The molecule has 0 radical (unpaired) electrons. The van der Waals surface area contributed by atoms with Crippen LogP contribution in [0.4, 0.5) is 5.69 Å². The average molecular weight is 418 g/mol. The summed E-state index contributed by atoms with van der Waals surface area (Å²) in [6, 6.07) is 18.5. The predicted molar refractivity (Wildman–Crippen MR) is 120 cm³/mol. The van der Waals surface area contributed by atoms with E-state index in [9.17, 15) is 9.59 Å². The van der Waals surface area contributed by atoms with Gasteiger partial charge in [0.2, 0.25) is 0 Å². The molecule has 6 nitrogen and oxygen atoms in total. The SMILES string of the molecule is O=C(Nc1ccccc1C(=O)NCc1ccc(CN2CCCCC2)cc1)c1ccco1. The van der Waals surface area contributed by atoms with Crippen LogP contribution in [0.15, 0.2) is 71.3 Å². The van der Waals surface area contributed by atoms with Crippen LogP contribution in [0.25, 0.3) is 0 Å². The van der Waals surface area contributed by atoms with Crippen molar-refractivity contribution in [3.05, 3.63) is 89.4 Å². The number of rotatable bonds is 7. The van der Waals surface area contributed by atoms with Gasteiger partial charge in [-0.25, -0.2) is 0 Å². The van der Waals surface area contributed by atoms with Crippen molar-refractivity contribution in [1.29, 1.82) is 0 Å². The van der Waals surface area contributed by atoms with E-state index in [0.717, 1.165) is 12.1 Å². The van der Waals surface area contributed by atoms with Crippen LogP contribution >= 0.6 is 0 Å². The Labute approximate surface area is 182 Å². The summed E-state index contributed by atoms with van der Waals surface area (Å²) < 4.78 is 5.12. The fraction of sp³-hybridized carbons (Fsp3) is 0.280. The van der Waals surface area contributed by atoms with Crippen LogP contribution in [0.1, 0.15) is 51.3 Å². The summed E-state index contributed by atoms with van der Waals surface area (Å²) in [6.07, 6.45) is 5.34. The zero-order chi connectivity index (χ0) is 21.5. The number of hydrogen-bond donors (Lipinski definition) is 2. The van der Waals surface area contributed by atoms with Crippen molar-refractivity contribution in [1.82, 2.24) is 10.2 Å². The maximum Gasteiger partial charge on any atom is 0.291 e. The van der Waals surface area contributed by atoms with Crippen molar-refractivity contribution >= 4 is 17.5 Å². The number of furan rings is 1. The number of likely N-dealkylation sites (tertiary alicyclic amines) is 1. The molecule has 1 aliphatic heterocycles. The standard InChI is InChI=1S/C25H27N3O3/c29-24(21-7-2-3-8-22(21)27-25(30)23-9-6-16-31-23)26-17-19-10-12-20(13-11-19)18-28-14-4-1-5-15-28/h2-3,6-13,16H,1,4-5,14-15,17-18H2,(H,26,29)(H,27,30). The molecule has 2 aromatic carbocycles. The lowest BCUT2D eigenvalue weighted by molar-refractivity contribution is 0.0952. The van der Waals surface area contributed by atoms with Crippen molar-refractivity contribution in [2.24, 2.45) is 0 Å². The van der Waals surface area contributed by atoms with Gasteiger partial charge in [0.25, 0.3) is 11.8 Å². The first-order valence-corrected chi connectivity index (χ1v) is 10.7. The molecule has 1 aliphatic rings. The molecule has 0 unspecified atom stereocenters. The van der Waals surface area contributed by atoms with E-state index >= 15 is 0 Å². The quantitative estimate of drug-likeness (QED) is 0.596. The Balaban J connectivity index is 1.34. The molecular formula is C25H27N3O3. The first-order valence-electron chi connectivity index (χ1n) is 10.7. The molecule has 0 saturated carbocycles. The molecule has 2 amide bonds. The highest BCUT2D eigenvalue weighted by atomic mass is 16.3. The van der Waals surface area contributed by atoms with Gasteiger partial charge in [0, 0.05) is 13.1 Å². The van der Waals surface area contributed by atoms with Gasteiger partial charge in [-0.15, -0.1) is 0 Å². The monoisotopic (exact) mass is 417 g/mol. The Bertz CT molecular complexity index is 1010. The maximum absolute atomic E-state index is 12.7. The number of benzene rings is 2. The van der Waals surface area contributed by atoms with Gasteiger partial charge in [-0.2, -0.15) is 0 Å². The molecule has 1 saturated heterocycles. The second-order valence-electron chi connectivity index (χ2n) is 7.81. The first-order chi connectivity index (χ1) is 15.2. The highest BCUT2D eigenvalue weighted by Gasteiger charge is 2.15. The maximum atomic E-state index is 12.7. The van der Waals surface area contributed by atoms with Crippen molar-refractivity contribution < 1.29 is 14.0 Å². The number of piperidine rings is 1. The van der Waals surface area contributed by atoms with Crippen molar-refractivity contribution in [3.8, 4) is 0 Å². The smallest absolute Gasteiger partial charge is 0.291 e. The van der Waals surface area contributed by atoms with Gasteiger partial charge in [0.05, 0.1) is 17.5 Å². The van der Waals surface area contributed by atoms with Crippen LogP contribution in [-0.2, 0) is 13.1 Å². The highest BCUT2D eigenvalue weighted by Crippen LogP contribution is 2.17. The number of nitrogens with one attached hydrogen (secondary N) is 2. The Morgan fingerprint density at radius 2 is 1.58 bits per heavy atom.